The first kappa shape index (κ1) is 15.9. The van der Waals surface area contributed by atoms with Crippen molar-refractivity contribution in [1.82, 2.24) is 15.3 Å². The summed E-state index contributed by atoms with van der Waals surface area (Å²) in [7, 11) is 0. The molecule has 1 amide bonds. The molecule has 7 heteroatoms. The second-order valence-corrected chi connectivity index (χ2v) is 6.39. The number of benzene rings is 1. The topological polar surface area (TPSA) is 54.9 Å². The first-order valence-electron chi connectivity index (χ1n) is 6.71. The van der Waals surface area contributed by atoms with E-state index < -0.39 is 0 Å². The van der Waals surface area contributed by atoms with Crippen LogP contribution in [0.1, 0.15) is 16.1 Å². The zero-order valence-corrected chi connectivity index (χ0v) is 14.1. The van der Waals surface area contributed by atoms with Crippen molar-refractivity contribution in [1.29, 1.82) is 0 Å². The number of rotatable bonds is 4. The maximum Gasteiger partial charge on any atom is 0.253 e. The average Bonchev–Trinajstić information content (AvgIpc) is 3.02. The summed E-state index contributed by atoms with van der Waals surface area (Å²) >= 11 is 13.4. The Morgan fingerprint density at radius 2 is 1.96 bits per heavy atom. The Morgan fingerprint density at radius 3 is 2.70 bits per heavy atom. The normalized spacial score (nSPS) is 10.5. The van der Waals surface area contributed by atoms with Crippen LogP contribution in [0.5, 0.6) is 0 Å². The van der Waals surface area contributed by atoms with Gasteiger partial charge in [-0.15, -0.1) is 11.3 Å². The van der Waals surface area contributed by atoms with Gasteiger partial charge in [-0.25, -0.2) is 4.98 Å². The Kier molecular flexibility index (Phi) is 4.91. The first-order valence-corrected chi connectivity index (χ1v) is 8.35. The summed E-state index contributed by atoms with van der Waals surface area (Å²) in [5, 5.41) is 6.43. The Morgan fingerprint density at radius 1 is 1.17 bits per heavy atom. The van der Waals surface area contributed by atoms with E-state index in [1.165, 1.54) is 11.3 Å². The van der Waals surface area contributed by atoms with Crippen LogP contribution in [0.25, 0.3) is 10.6 Å². The summed E-state index contributed by atoms with van der Waals surface area (Å²) in [6.45, 7) is 0.333. The van der Waals surface area contributed by atoms with Gasteiger partial charge in [-0.3, -0.25) is 9.78 Å². The summed E-state index contributed by atoms with van der Waals surface area (Å²) < 4.78 is 0. The number of thiazole rings is 1. The average molecular weight is 364 g/mol. The molecular weight excluding hydrogens is 353 g/mol. The van der Waals surface area contributed by atoms with E-state index in [0.717, 1.165) is 16.3 Å². The molecule has 2 heterocycles. The van der Waals surface area contributed by atoms with E-state index in [1.54, 1.807) is 30.6 Å². The zero-order chi connectivity index (χ0) is 16.2. The smallest absolute Gasteiger partial charge is 0.253 e. The molecule has 23 heavy (non-hydrogen) atoms. The fraction of sp³-hybridized carbons (Fsp3) is 0.0625. The maximum absolute atomic E-state index is 12.2. The lowest BCUT2D eigenvalue weighted by molar-refractivity contribution is 0.0950. The maximum atomic E-state index is 12.2. The SMILES string of the molecule is O=C(NCc1csc(-c2ccncc2)n1)c1ccc(Cl)cc1Cl. The minimum atomic E-state index is -0.259. The second kappa shape index (κ2) is 7.08. The molecule has 0 bridgehead atoms. The molecule has 2 aromatic heterocycles. The molecule has 0 spiro atoms. The molecule has 116 valence electrons. The Hall–Kier alpha value is -1.95. The van der Waals surface area contributed by atoms with Crippen molar-refractivity contribution in [2.75, 3.05) is 0 Å². The van der Waals surface area contributed by atoms with E-state index in [1.807, 2.05) is 17.5 Å². The summed E-state index contributed by atoms with van der Waals surface area (Å²) in [6, 6.07) is 8.57. The molecule has 0 radical (unpaired) electrons. The van der Waals surface area contributed by atoms with Crippen molar-refractivity contribution in [3.05, 3.63) is 69.4 Å². The van der Waals surface area contributed by atoms with Gasteiger partial charge in [-0.1, -0.05) is 23.2 Å². The van der Waals surface area contributed by atoms with Gasteiger partial charge in [0, 0.05) is 28.4 Å². The number of hydrogen-bond donors (Lipinski definition) is 1. The van der Waals surface area contributed by atoms with Crippen molar-refractivity contribution < 1.29 is 4.79 Å². The molecule has 0 atom stereocenters. The van der Waals surface area contributed by atoms with Gasteiger partial charge in [0.25, 0.3) is 5.91 Å². The molecule has 1 N–H and O–H groups in total. The molecule has 0 aliphatic carbocycles. The van der Waals surface area contributed by atoms with Crippen molar-refractivity contribution in [2.45, 2.75) is 6.54 Å². The quantitative estimate of drug-likeness (QED) is 0.745. The molecule has 3 aromatic rings. The van der Waals surface area contributed by atoms with Crippen LogP contribution in [-0.4, -0.2) is 15.9 Å². The van der Waals surface area contributed by atoms with Crippen LogP contribution < -0.4 is 5.32 Å². The first-order chi connectivity index (χ1) is 11.1. The van der Waals surface area contributed by atoms with Crippen LogP contribution in [-0.2, 0) is 6.54 Å². The number of nitrogens with one attached hydrogen (secondary N) is 1. The summed E-state index contributed by atoms with van der Waals surface area (Å²) in [4.78, 5) is 20.6. The van der Waals surface area contributed by atoms with Crippen molar-refractivity contribution >= 4 is 40.4 Å². The monoisotopic (exact) mass is 363 g/mol. The number of halogens is 2. The Bertz CT molecular complexity index is 836. The highest BCUT2D eigenvalue weighted by molar-refractivity contribution is 7.13. The predicted octanol–water partition coefficient (Wildman–Crippen LogP) is 4.44. The van der Waals surface area contributed by atoms with Crippen molar-refractivity contribution in [2.24, 2.45) is 0 Å². The van der Waals surface area contributed by atoms with Gasteiger partial charge in [-0.05, 0) is 30.3 Å². The highest BCUT2D eigenvalue weighted by Gasteiger charge is 2.11. The number of amides is 1. The van der Waals surface area contributed by atoms with Gasteiger partial charge < -0.3 is 5.32 Å². The van der Waals surface area contributed by atoms with Crippen LogP contribution >= 0.6 is 34.5 Å². The third-order valence-electron chi connectivity index (χ3n) is 3.08. The standard InChI is InChI=1S/C16H11Cl2N3OS/c17-11-1-2-13(14(18)7-11)15(22)20-8-12-9-23-16(21-12)10-3-5-19-6-4-10/h1-7,9H,8H2,(H,20,22). The van der Waals surface area contributed by atoms with E-state index in [-0.39, 0.29) is 5.91 Å². The largest absolute Gasteiger partial charge is 0.346 e. The lowest BCUT2D eigenvalue weighted by Crippen LogP contribution is -2.23. The Balaban J connectivity index is 1.67. The van der Waals surface area contributed by atoms with E-state index >= 15 is 0 Å². The number of hydrogen-bond acceptors (Lipinski definition) is 4. The third-order valence-corrected chi connectivity index (χ3v) is 4.57. The van der Waals surface area contributed by atoms with Gasteiger partial charge in [-0.2, -0.15) is 0 Å². The zero-order valence-electron chi connectivity index (χ0n) is 11.8. The highest BCUT2D eigenvalue weighted by atomic mass is 35.5. The number of nitrogens with zero attached hydrogens (tertiary/aromatic N) is 2. The van der Waals surface area contributed by atoms with E-state index in [2.05, 4.69) is 15.3 Å². The van der Waals surface area contributed by atoms with Gasteiger partial charge in [0.15, 0.2) is 0 Å². The number of carbonyl (C=O) groups excluding carboxylic acids is 1. The van der Waals surface area contributed by atoms with E-state index in [4.69, 9.17) is 23.2 Å². The molecule has 0 aliphatic heterocycles. The summed E-state index contributed by atoms with van der Waals surface area (Å²) in [5.74, 6) is -0.259. The van der Waals surface area contributed by atoms with Crippen molar-refractivity contribution in [3.63, 3.8) is 0 Å². The molecular formula is C16H11Cl2N3OS. The summed E-state index contributed by atoms with van der Waals surface area (Å²) in [5.41, 5.74) is 2.18. The van der Waals surface area contributed by atoms with Crippen LogP contribution in [0, 0.1) is 0 Å². The molecule has 0 unspecified atom stereocenters. The fourth-order valence-electron chi connectivity index (χ4n) is 1.95. The number of pyridine rings is 1. The van der Waals surface area contributed by atoms with Gasteiger partial charge in [0.05, 0.1) is 22.8 Å². The molecule has 4 nitrogen and oxygen atoms in total. The van der Waals surface area contributed by atoms with Crippen LogP contribution in [0.3, 0.4) is 0 Å². The van der Waals surface area contributed by atoms with Crippen LogP contribution in [0.2, 0.25) is 10.0 Å². The molecule has 0 saturated carbocycles. The number of carbonyl (C=O) groups is 1. The van der Waals surface area contributed by atoms with Gasteiger partial charge >= 0.3 is 0 Å². The van der Waals surface area contributed by atoms with Gasteiger partial charge in [0.2, 0.25) is 0 Å². The molecule has 0 fully saturated rings. The third kappa shape index (κ3) is 3.88. The Labute approximate surface area is 147 Å². The summed E-state index contributed by atoms with van der Waals surface area (Å²) in [6.07, 6.45) is 3.45. The number of aromatic nitrogens is 2. The van der Waals surface area contributed by atoms with Crippen molar-refractivity contribution in [3.8, 4) is 10.6 Å². The lowest BCUT2D eigenvalue weighted by atomic mass is 10.2. The molecule has 0 saturated heterocycles. The predicted molar refractivity (Wildman–Crippen MR) is 93.0 cm³/mol. The second-order valence-electron chi connectivity index (χ2n) is 4.69. The fourth-order valence-corrected chi connectivity index (χ4v) is 3.28. The van der Waals surface area contributed by atoms with Crippen LogP contribution in [0.4, 0.5) is 0 Å². The minimum absolute atomic E-state index is 0.259. The van der Waals surface area contributed by atoms with Gasteiger partial charge in [0.1, 0.15) is 5.01 Å². The lowest BCUT2D eigenvalue weighted by Gasteiger charge is -2.05. The molecule has 0 aliphatic rings. The van der Waals surface area contributed by atoms with Crippen LogP contribution in [0.15, 0.2) is 48.1 Å². The van der Waals surface area contributed by atoms with E-state index in [0.29, 0.717) is 22.2 Å². The molecule has 1 aromatic carbocycles. The van der Waals surface area contributed by atoms with E-state index in [9.17, 15) is 4.79 Å². The molecule has 3 rings (SSSR count). The minimum Gasteiger partial charge on any atom is -0.346 e. The highest BCUT2D eigenvalue weighted by Crippen LogP contribution is 2.23.